The quantitative estimate of drug-likeness (QED) is 0.405. The number of hydrogen-bond donors (Lipinski definition) is 1. The second-order valence-corrected chi connectivity index (χ2v) is 10.5. The predicted octanol–water partition coefficient (Wildman–Crippen LogP) is 6.09. The Morgan fingerprint density at radius 3 is 2.46 bits per heavy atom. The fourth-order valence-electron chi connectivity index (χ4n) is 5.23. The maximum Gasteiger partial charge on any atom is 0.336 e. The van der Waals surface area contributed by atoms with Gasteiger partial charge in [0, 0.05) is 23.7 Å². The van der Waals surface area contributed by atoms with Crippen LogP contribution in [0.2, 0.25) is 0 Å². The van der Waals surface area contributed by atoms with Crippen LogP contribution in [0.25, 0.3) is 0 Å². The van der Waals surface area contributed by atoms with Crippen molar-refractivity contribution in [3.8, 4) is 17.2 Å². The van der Waals surface area contributed by atoms with Crippen molar-refractivity contribution in [2.75, 3.05) is 13.7 Å². The fourth-order valence-corrected chi connectivity index (χ4v) is 5.69. The van der Waals surface area contributed by atoms with Gasteiger partial charge in [-0.05, 0) is 91.4 Å². The maximum absolute atomic E-state index is 13.8. The first-order valence-corrected chi connectivity index (χ1v) is 13.2. The Labute approximate surface area is 225 Å². The third kappa shape index (κ3) is 5.44. The number of aliphatic imine (C=N–C) groups is 1. The maximum atomic E-state index is 13.8. The van der Waals surface area contributed by atoms with Crippen LogP contribution >= 0.6 is 15.9 Å². The number of ketones is 1. The molecule has 196 valence electrons. The molecule has 0 spiro atoms. The summed E-state index contributed by atoms with van der Waals surface area (Å²) in [4.78, 5) is 31.9. The van der Waals surface area contributed by atoms with Crippen molar-refractivity contribution in [3.63, 3.8) is 0 Å². The minimum atomic E-state index is -0.612. The Kier molecular flexibility index (Phi) is 8.07. The van der Waals surface area contributed by atoms with Crippen LogP contribution in [0.5, 0.6) is 17.2 Å². The Morgan fingerprint density at radius 1 is 1.14 bits per heavy atom. The first-order chi connectivity index (χ1) is 17.6. The molecule has 3 atom stereocenters. The summed E-state index contributed by atoms with van der Waals surface area (Å²) in [7, 11) is 1.62. The van der Waals surface area contributed by atoms with E-state index in [4.69, 9.17) is 19.2 Å². The van der Waals surface area contributed by atoms with Crippen molar-refractivity contribution < 1.29 is 28.9 Å². The number of benzene rings is 2. The van der Waals surface area contributed by atoms with E-state index in [1.165, 1.54) is 0 Å². The lowest BCUT2D eigenvalue weighted by atomic mass is 9.66. The minimum Gasteiger partial charge on any atom is -0.503 e. The standard InChI is InChI=1S/C29H32BrNO6/c1-6-36-24-14-19(11-21(30)28(24)33)26-25(29(34)37-15(2)3)16(4)31-22-12-18(13-23(32)27(22)26)17-7-9-20(35-5)10-8-17/h7-11,14-15,18,26-27,33H,6,12-13H2,1-5H3/t18-,26+,27?/m1/s1. The molecule has 0 radical (unpaired) electrons. The second-order valence-electron chi connectivity index (χ2n) is 9.64. The fraction of sp³-hybridized carbons (Fsp3) is 0.414. The van der Waals surface area contributed by atoms with Crippen molar-refractivity contribution in [2.45, 2.75) is 58.5 Å². The van der Waals surface area contributed by atoms with Gasteiger partial charge in [0.2, 0.25) is 0 Å². The summed E-state index contributed by atoms with van der Waals surface area (Å²) in [5.41, 5.74) is 3.37. The summed E-state index contributed by atoms with van der Waals surface area (Å²) in [6, 6.07) is 11.2. The van der Waals surface area contributed by atoms with E-state index in [2.05, 4.69) is 15.9 Å². The minimum absolute atomic E-state index is 0.0142. The van der Waals surface area contributed by atoms with E-state index in [0.29, 0.717) is 40.8 Å². The van der Waals surface area contributed by atoms with Crippen LogP contribution in [0.4, 0.5) is 0 Å². The van der Waals surface area contributed by atoms with Gasteiger partial charge < -0.3 is 19.3 Å². The molecular formula is C29H32BrNO6. The monoisotopic (exact) mass is 569 g/mol. The van der Waals surface area contributed by atoms with Gasteiger partial charge in [0.05, 0.1) is 35.8 Å². The van der Waals surface area contributed by atoms with E-state index in [9.17, 15) is 14.7 Å². The molecule has 7 nitrogen and oxygen atoms in total. The number of rotatable bonds is 7. The molecule has 1 heterocycles. The number of phenols is 1. The van der Waals surface area contributed by atoms with Crippen LogP contribution in [-0.4, -0.2) is 42.4 Å². The number of methoxy groups -OCH3 is 1. The number of aromatic hydroxyl groups is 1. The Hall–Kier alpha value is -3.13. The molecule has 4 rings (SSSR count). The molecule has 0 amide bonds. The van der Waals surface area contributed by atoms with Gasteiger partial charge in [0.1, 0.15) is 11.5 Å². The Bertz CT molecular complexity index is 1260. The summed E-state index contributed by atoms with van der Waals surface area (Å²) in [6.45, 7) is 7.54. The van der Waals surface area contributed by atoms with Crippen molar-refractivity contribution in [1.82, 2.24) is 0 Å². The summed E-state index contributed by atoms with van der Waals surface area (Å²) in [6.07, 6.45) is 0.599. The second kappa shape index (κ2) is 11.1. The molecule has 0 aromatic heterocycles. The van der Waals surface area contributed by atoms with Crippen LogP contribution in [0.15, 0.2) is 57.1 Å². The van der Waals surface area contributed by atoms with E-state index < -0.39 is 17.8 Å². The van der Waals surface area contributed by atoms with Crippen LogP contribution in [0.3, 0.4) is 0 Å². The van der Waals surface area contributed by atoms with Crippen LogP contribution in [-0.2, 0) is 14.3 Å². The molecule has 1 saturated carbocycles. The van der Waals surface area contributed by atoms with Gasteiger partial charge in [-0.3, -0.25) is 9.79 Å². The molecule has 1 unspecified atom stereocenters. The number of carbonyl (C=O) groups is 2. The molecule has 1 aliphatic carbocycles. The third-order valence-corrected chi connectivity index (χ3v) is 7.42. The number of ether oxygens (including phenoxy) is 3. The molecule has 2 aromatic carbocycles. The molecule has 2 aliphatic rings. The number of phenolic OH excluding ortho intramolecular Hbond substituents is 1. The number of esters is 1. The average Bonchev–Trinajstić information content (AvgIpc) is 2.85. The van der Waals surface area contributed by atoms with Crippen molar-refractivity contribution >= 4 is 33.4 Å². The van der Waals surface area contributed by atoms with Gasteiger partial charge in [0.15, 0.2) is 11.5 Å². The molecule has 1 fully saturated rings. The zero-order valence-electron chi connectivity index (χ0n) is 21.7. The molecule has 8 heteroatoms. The molecule has 37 heavy (non-hydrogen) atoms. The Balaban J connectivity index is 1.81. The first kappa shape index (κ1) is 26.9. The third-order valence-electron chi connectivity index (χ3n) is 6.81. The van der Waals surface area contributed by atoms with Crippen LogP contribution in [0, 0.1) is 5.92 Å². The van der Waals surface area contributed by atoms with E-state index in [0.717, 1.165) is 17.0 Å². The molecular weight excluding hydrogens is 538 g/mol. The largest absolute Gasteiger partial charge is 0.503 e. The summed E-state index contributed by atoms with van der Waals surface area (Å²) in [5, 5.41) is 10.5. The van der Waals surface area contributed by atoms with Gasteiger partial charge in [-0.15, -0.1) is 0 Å². The summed E-state index contributed by atoms with van der Waals surface area (Å²) in [5.74, 6) is -0.710. The number of carbonyl (C=O) groups excluding carboxylic acids is 2. The van der Waals surface area contributed by atoms with Gasteiger partial charge in [0.25, 0.3) is 0 Å². The lowest BCUT2D eigenvalue weighted by molar-refractivity contribution is -0.143. The van der Waals surface area contributed by atoms with Crippen LogP contribution < -0.4 is 9.47 Å². The highest BCUT2D eigenvalue weighted by molar-refractivity contribution is 9.10. The van der Waals surface area contributed by atoms with E-state index >= 15 is 0 Å². The number of halogens is 1. The number of nitrogens with zero attached hydrogens (tertiary/aromatic N) is 1. The highest BCUT2D eigenvalue weighted by Crippen LogP contribution is 2.48. The number of fused-ring (bicyclic) bond motifs is 1. The smallest absolute Gasteiger partial charge is 0.336 e. The molecule has 0 bridgehead atoms. The van der Waals surface area contributed by atoms with Gasteiger partial charge in [-0.1, -0.05) is 12.1 Å². The van der Waals surface area contributed by atoms with Gasteiger partial charge in [-0.2, -0.15) is 0 Å². The number of allylic oxidation sites excluding steroid dienone is 1. The molecule has 2 aromatic rings. The predicted molar refractivity (Wildman–Crippen MR) is 145 cm³/mol. The highest BCUT2D eigenvalue weighted by Gasteiger charge is 2.46. The van der Waals surface area contributed by atoms with E-state index in [-0.39, 0.29) is 29.3 Å². The van der Waals surface area contributed by atoms with Crippen LogP contribution in [0.1, 0.15) is 63.5 Å². The van der Waals surface area contributed by atoms with Gasteiger partial charge >= 0.3 is 5.97 Å². The SMILES string of the molecule is CCOc1cc([C@H]2C(C(=O)OC(C)C)=C(C)N=C3C[C@@H](c4ccc(OC)cc4)CC(=O)C32)cc(Br)c1O. The van der Waals surface area contributed by atoms with E-state index in [1.807, 2.05) is 31.2 Å². The molecule has 1 aliphatic heterocycles. The zero-order valence-corrected chi connectivity index (χ0v) is 23.3. The topological polar surface area (TPSA) is 94.4 Å². The summed E-state index contributed by atoms with van der Waals surface area (Å²) >= 11 is 3.41. The average molecular weight is 570 g/mol. The first-order valence-electron chi connectivity index (χ1n) is 12.5. The van der Waals surface area contributed by atoms with Crippen molar-refractivity contribution in [3.05, 3.63) is 63.3 Å². The van der Waals surface area contributed by atoms with Crippen molar-refractivity contribution in [1.29, 1.82) is 0 Å². The van der Waals surface area contributed by atoms with Crippen molar-refractivity contribution in [2.24, 2.45) is 10.9 Å². The Morgan fingerprint density at radius 2 is 1.84 bits per heavy atom. The zero-order chi connectivity index (χ0) is 26.9. The number of hydrogen-bond acceptors (Lipinski definition) is 7. The normalized spacial score (nSPS) is 21.4. The van der Waals surface area contributed by atoms with E-state index in [1.54, 1.807) is 40.0 Å². The highest BCUT2D eigenvalue weighted by atomic mass is 79.9. The van der Waals surface area contributed by atoms with Gasteiger partial charge in [-0.25, -0.2) is 4.79 Å². The lowest BCUT2D eigenvalue weighted by Gasteiger charge is -2.38. The number of Topliss-reactive ketones (excluding diaryl/α,β-unsaturated/α-hetero) is 1. The summed E-state index contributed by atoms with van der Waals surface area (Å²) < 4.78 is 16.9. The molecule has 1 N–H and O–H groups in total. The lowest BCUT2D eigenvalue weighted by Crippen LogP contribution is -2.41. The molecule has 0 saturated heterocycles.